The molecule has 0 aromatic carbocycles. The van der Waals surface area contributed by atoms with Crippen molar-refractivity contribution < 1.29 is 4.79 Å². The summed E-state index contributed by atoms with van der Waals surface area (Å²) in [6, 6.07) is 2.16. The van der Waals surface area contributed by atoms with E-state index in [1.807, 2.05) is 4.90 Å². The van der Waals surface area contributed by atoms with Crippen molar-refractivity contribution in [3.8, 4) is 0 Å². The lowest BCUT2D eigenvalue weighted by Crippen LogP contribution is -2.48. The highest BCUT2D eigenvalue weighted by molar-refractivity contribution is 7.18. The molecule has 1 aliphatic carbocycles. The van der Waals surface area contributed by atoms with Gasteiger partial charge >= 0.3 is 0 Å². The number of carbonyl (C=O) groups is 1. The molecule has 0 spiro atoms. The van der Waals surface area contributed by atoms with Crippen molar-refractivity contribution in [2.75, 3.05) is 26.2 Å². The van der Waals surface area contributed by atoms with E-state index in [1.54, 1.807) is 22.7 Å². The Labute approximate surface area is 183 Å². The van der Waals surface area contributed by atoms with E-state index < -0.39 is 0 Å². The lowest BCUT2D eigenvalue weighted by molar-refractivity contribution is -0.133. The van der Waals surface area contributed by atoms with Crippen LogP contribution in [0.2, 0.25) is 0 Å². The van der Waals surface area contributed by atoms with Crippen molar-refractivity contribution >= 4 is 38.8 Å². The Morgan fingerprint density at radius 2 is 2.00 bits per heavy atom. The van der Waals surface area contributed by atoms with E-state index in [-0.39, 0.29) is 11.5 Å². The molecule has 4 heterocycles. The number of fused-ring (bicyclic) bond motifs is 3. The lowest BCUT2D eigenvalue weighted by atomic mass is 9.97. The average molecular weight is 443 g/mol. The summed E-state index contributed by atoms with van der Waals surface area (Å²) in [5.41, 5.74) is 2.52. The first kappa shape index (κ1) is 19.9. The van der Waals surface area contributed by atoms with E-state index in [2.05, 4.69) is 26.7 Å². The van der Waals surface area contributed by atoms with Gasteiger partial charge in [0.15, 0.2) is 0 Å². The molecule has 5 rings (SSSR count). The fourth-order valence-electron chi connectivity index (χ4n) is 4.51. The molecule has 0 unspecified atom stereocenters. The zero-order valence-corrected chi connectivity index (χ0v) is 18.6. The minimum absolute atomic E-state index is 0.0381. The van der Waals surface area contributed by atoms with Gasteiger partial charge in [-0.25, -0.2) is 4.98 Å². The number of H-pyrrole nitrogens is 1. The third-order valence-corrected chi connectivity index (χ3v) is 8.08. The van der Waals surface area contributed by atoms with Crippen LogP contribution in [-0.2, 0) is 30.6 Å². The van der Waals surface area contributed by atoms with Crippen LogP contribution in [0.15, 0.2) is 21.6 Å². The van der Waals surface area contributed by atoms with Crippen LogP contribution in [-0.4, -0.2) is 51.9 Å². The maximum atomic E-state index is 12.7. The van der Waals surface area contributed by atoms with Gasteiger partial charge < -0.3 is 9.88 Å². The van der Waals surface area contributed by atoms with Crippen LogP contribution in [0, 0.1) is 0 Å². The van der Waals surface area contributed by atoms with Gasteiger partial charge in [0.2, 0.25) is 5.91 Å². The molecule has 3 aromatic rings. The molecule has 1 saturated heterocycles. The zero-order chi connectivity index (χ0) is 20.5. The molecule has 8 heteroatoms. The average Bonchev–Trinajstić information content (AvgIpc) is 3.40. The first-order chi connectivity index (χ1) is 14.7. The van der Waals surface area contributed by atoms with Crippen LogP contribution in [0.25, 0.3) is 10.2 Å². The first-order valence-corrected chi connectivity index (χ1v) is 12.5. The van der Waals surface area contributed by atoms with Gasteiger partial charge in [-0.05, 0) is 53.6 Å². The van der Waals surface area contributed by atoms with E-state index in [9.17, 15) is 9.59 Å². The topological polar surface area (TPSA) is 69.3 Å². The van der Waals surface area contributed by atoms with Crippen molar-refractivity contribution in [1.82, 2.24) is 19.8 Å². The summed E-state index contributed by atoms with van der Waals surface area (Å²) in [4.78, 5) is 39.5. The number of hydrogen-bond donors (Lipinski definition) is 1. The third-order valence-electron chi connectivity index (χ3n) is 6.16. The smallest absolute Gasteiger partial charge is 0.259 e. The number of aromatic amines is 1. The molecule has 3 aromatic heterocycles. The van der Waals surface area contributed by atoms with Crippen molar-refractivity contribution in [3.05, 3.63) is 49.0 Å². The normalized spacial score (nSPS) is 17.4. The number of nitrogens with one attached hydrogen (secondary N) is 1. The van der Waals surface area contributed by atoms with Gasteiger partial charge in [-0.3, -0.25) is 14.5 Å². The number of aryl methyl sites for hydroxylation is 3. The highest BCUT2D eigenvalue weighted by Crippen LogP contribution is 2.33. The van der Waals surface area contributed by atoms with Gasteiger partial charge in [0, 0.05) is 50.4 Å². The number of nitrogens with zero attached hydrogens (tertiary/aromatic N) is 3. The Kier molecular flexibility index (Phi) is 5.71. The number of amides is 1. The van der Waals surface area contributed by atoms with Gasteiger partial charge in [0.05, 0.1) is 5.39 Å². The molecule has 0 bridgehead atoms. The maximum absolute atomic E-state index is 12.7. The van der Waals surface area contributed by atoms with Crippen molar-refractivity contribution in [2.24, 2.45) is 0 Å². The summed E-state index contributed by atoms with van der Waals surface area (Å²) in [7, 11) is 0. The Bertz CT molecular complexity index is 1090. The SMILES string of the molecule is O=C(CCc1nc2sc3c(c2c(=O)[nH]1)CCCC3)N1CCN(Cc2ccsc2)CC1. The van der Waals surface area contributed by atoms with Gasteiger partial charge in [-0.1, -0.05) is 0 Å². The molecule has 6 nitrogen and oxygen atoms in total. The summed E-state index contributed by atoms with van der Waals surface area (Å²) in [6.45, 7) is 4.31. The molecule has 1 aliphatic heterocycles. The highest BCUT2D eigenvalue weighted by atomic mass is 32.1. The largest absolute Gasteiger partial charge is 0.340 e. The van der Waals surface area contributed by atoms with Crippen LogP contribution in [0.4, 0.5) is 0 Å². The number of thiophene rings is 2. The van der Waals surface area contributed by atoms with Crippen LogP contribution >= 0.6 is 22.7 Å². The molecule has 1 N–H and O–H groups in total. The van der Waals surface area contributed by atoms with E-state index in [4.69, 9.17) is 4.98 Å². The van der Waals surface area contributed by atoms with Gasteiger partial charge in [-0.2, -0.15) is 11.3 Å². The summed E-state index contributed by atoms with van der Waals surface area (Å²) < 4.78 is 0. The number of hydrogen-bond acceptors (Lipinski definition) is 6. The second-order valence-corrected chi connectivity index (χ2v) is 10.1. The number of carbonyl (C=O) groups excluding carboxylic acids is 1. The fourth-order valence-corrected chi connectivity index (χ4v) is 6.45. The fraction of sp³-hybridized carbons (Fsp3) is 0.500. The lowest BCUT2D eigenvalue weighted by Gasteiger charge is -2.34. The van der Waals surface area contributed by atoms with E-state index in [1.165, 1.54) is 22.4 Å². The first-order valence-electron chi connectivity index (χ1n) is 10.7. The zero-order valence-electron chi connectivity index (χ0n) is 17.0. The second-order valence-electron chi connectivity index (χ2n) is 8.19. The Balaban J connectivity index is 1.18. The number of piperazine rings is 1. The second kappa shape index (κ2) is 8.61. The number of rotatable bonds is 5. The third kappa shape index (κ3) is 4.08. The summed E-state index contributed by atoms with van der Waals surface area (Å²) in [5, 5.41) is 5.08. The number of aromatic nitrogens is 2. The van der Waals surface area contributed by atoms with Crippen LogP contribution < -0.4 is 5.56 Å². The van der Waals surface area contributed by atoms with E-state index >= 15 is 0 Å². The summed E-state index contributed by atoms with van der Waals surface area (Å²) in [5.74, 6) is 0.786. The molecule has 2 aliphatic rings. The quantitative estimate of drug-likeness (QED) is 0.659. The predicted molar refractivity (Wildman–Crippen MR) is 121 cm³/mol. The van der Waals surface area contributed by atoms with E-state index in [0.29, 0.717) is 18.7 Å². The molecular weight excluding hydrogens is 416 g/mol. The molecule has 0 atom stereocenters. The van der Waals surface area contributed by atoms with E-state index in [0.717, 1.165) is 62.2 Å². The monoisotopic (exact) mass is 442 g/mol. The minimum Gasteiger partial charge on any atom is -0.340 e. The van der Waals surface area contributed by atoms with Crippen molar-refractivity contribution in [1.29, 1.82) is 0 Å². The Hall–Kier alpha value is -2.03. The van der Waals surface area contributed by atoms with Crippen LogP contribution in [0.3, 0.4) is 0 Å². The molecule has 0 radical (unpaired) electrons. The summed E-state index contributed by atoms with van der Waals surface area (Å²) in [6.07, 6.45) is 5.26. The van der Waals surface area contributed by atoms with Crippen LogP contribution in [0.1, 0.15) is 41.1 Å². The van der Waals surface area contributed by atoms with Crippen molar-refractivity contribution in [2.45, 2.75) is 45.1 Å². The highest BCUT2D eigenvalue weighted by Gasteiger charge is 2.22. The van der Waals surface area contributed by atoms with Gasteiger partial charge in [0.1, 0.15) is 10.7 Å². The Morgan fingerprint density at radius 3 is 2.80 bits per heavy atom. The van der Waals surface area contributed by atoms with Gasteiger partial charge in [-0.15, -0.1) is 11.3 Å². The molecule has 0 saturated carbocycles. The predicted octanol–water partition coefficient (Wildman–Crippen LogP) is 3.20. The standard InChI is InChI=1S/C22H26N4O2S2/c27-19(26-10-8-25(9-11-26)13-15-7-12-29-14-15)6-5-18-23-21(28)20-16-3-1-2-4-17(16)30-22(20)24-18/h7,12,14H,1-6,8-11,13H2,(H,23,24,28). The molecular formula is C22H26N4O2S2. The Morgan fingerprint density at radius 1 is 1.17 bits per heavy atom. The maximum Gasteiger partial charge on any atom is 0.259 e. The summed E-state index contributed by atoms with van der Waals surface area (Å²) >= 11 is 3.39. The van der Waals surface area contributed by atoms with Crippen molar-refractivity contribution in [3.63, 3.8) is 0 Å². The molecule has 1 amide bonds. The molecule has 1 fully saturated rings. The minimum atomic E-state index is -0.0381. The van der Waals surface area contributed by atoms with Crippen LogP contribution in [0.5, 0.6) is 0 Å². The molecule has 158 valence electrons. The van der Waals surface area contributed by atoms with Gasteiger partial charge in [0.25, 0.3) is 5.56 Å². The molecule has 30 heavy (non-hydrogen) atoms.